The van der Waals surface area contributed by atoms with E-state index in [1.165, 1.54) is 5.56 Å². The highest BCUT2D eigenvalue weighted by atomic mass is 15.0. The Bertz CT molecular complexity index is 214. The number of anilines is 1. The molecule has 0 saturated heterocycles. The molecular weight excluding hydrogens is 136 g/mol. The summed E-state index contributed by atoms with van der Waals surface area (Å²) >= 11 is 0. The molecule has 0 aliphatic carbocycles. The molecule has 2 nitrogen and oxygen atoms in total. The predicted molar refractivity (Wildman–Crippen MR) is 46.6 cm³/mol. The summed E-state index contributed by atoms with van der Waals surface area (Å²) < 4.78 is 0. The molecule has 0 spiro atoms. The minimum absolute atomic E-state index is 0.750. The smallest absolute Gasteiger partial charge is 0.0439 e. The van der Waals surface area contributed by atoms with E-state index in [2.05, 4.69) is 0 Å². The van der Waals surface area contributed by atoms with E-state index in [4.69, 9.17) is 12.8 Å². The lowest BCUT2D eigenvalue weighted by molar-refractivity contribution is 0.445. The van der Waals surface area contributed by atoms with Crippen LogP contribution in [0.4, 0.5) is 5.69 Å². The van der Waals surface area contributed by atoms with Gasteiger partial charge in [-0.15, -0.1) is 0 Å². The van der Waals surface area contributed by atoms with Gasteiger partial charge in [-0.05, 0) is 24.7 Å². The molecule has 0 atom stereocenters. The highest BCUT2D eigenvalue weighted by Gasteiger charge is 1.93. The summed E-state index contributed by atoms with van der Waals surface area (Å²) in [5, 5.41) is 0. The third kappa shape index (κ3) is 2.60. The number of hydrogen-bond donors (Lipinski definition) is 1. The summed E-state index contributed by atoms with van der Waals surface area (Å²) in [6, 6.07) is 7.69. The molecule has 0 unspecified atom stereocenters. The molecule has 58 valence electrons. The normalized spacial score (nSPS) is 10.5. The third-order valence-electron chi connectivity index (χ3n) is 1.41. The fourth-order valence-electron chi connectivity index (χ4n) is 0.911. The second-order valence-electron chi connectivity index (χ2n) is 2.66. The highest BCUT2D eigenvalue weighted by Crippen LogP contribution is 2.06. The second-order valence-corrected chi connectivity index (χ2v) is 2.66. The number of rotatable bonds is 2. The van der Waals surface area contributed by atoms with Gasteiger partial charge in [0.1, 0.15) is 0 Å². The summed E-state index contributed by atoms with van der Waals surface area (Å²) in [5.74, 6) is 0. The Morgan fingerprint density at radius 1 is 1.36 bits per heavy atom. The average Bonchev–Trinajstić information content (AvgIpc) is 1.93. The van der Waals surface area contributed by atoms with E-state index >= 15 is 0 Å². The standard InChI is InChI=1S/C9H12N2/c1-11(2)7-8-3-5-9(10)6-4-8/h1,3-6H,7,10H2,2H3. The molecule has 1 aromatic carbocycles. The first-order valence-electron chi connectivity index (χ1n) is 3.49. The highest BCUT2D eigenvalue weighted by molar-refractivity contribution is 5.39. The molecule has 1 aromatic rings. The predicted octanol–water partition coefficient (Wildman–Crippen LogP) is 1.37. The number of benzene rings is 1. The van der Waals surface area contributed by atoms with E-state index in [-0.39, 0.29) is 0 Å². The van der Waals surface area contributed by atoms with Crippen LogP contribution < -0.4 is 5.73 Å². The van der Waals surface area contributed by atoms with E-state index in [9.17, 15) is 0 Å². The van der Waals surface area contributed by atoms with Crippen LogP contribution in [-0.2, 0) is 6.54 Å². The van der Waals surface area contributed by atoms with Crippen LogP contribution in [0.15, 0.2) is 24.3 Å². The Hall–Kier alpha value is -1.02. The molecule has 11 heavy (non-hydrogen) atoms. The van der Waals surface area contributed by atoms with Gasteiger partial charge >= 0.3 is 0 Å². The van der Waals surface area contributed by atoms with Crippen molar-refractivity contribution in [3.8, 4) is 0 Å². The molecule has 0 aliphatic rings. The first-order chi connectivity index (χ1) is 5.18. The lowest BCUT2D eigenvalue weighted by Gasteiger charge is -2.08. The van der Waals surface area contributed by atoms with Crippen molar-refractivity contribution < 1.29 is 0 Å². The van der Waals surface area contributed by atoms with Crippen LogP contribution in [0.5, 0.6) is 0 Å². The number of nitrogens with zero attached hydrogens (tertiary/aromatic N) is 1. The van der Waals surface area contributed by atoms with Gasteiger partial charge in [0.15, 0.2) is 0 Å². The minimum atomic E-state index is 0.750. The van der Waals surface area contributed by atoms with E-state index in [1.54, 1.807) is 4.90 Å². The lowest BCUT2D eigenvalue weighted by atomic mass is 10.2. The van der Waals surface area contributed by atoms with Gasteiger partial charge in [0.2, 0.25) is 0 Å². The number of hydrogen-bond acceptors (Lipinski definition) is 2. The topological polar surface area (TPSA) is 29.3 Å². The van der Waals surface area contributed by atoms with Crippen LogP contribution in [0.3, 0.4) is 0 Å². The van der Waals surface area contributed by atoms with Crippen LogP contribution in [-0.4, -0.2) is 11.9 Å². The molecule has 2 radical (unpaired) electrons. The fraction of sp³-hybridized carbons (Fsp3) is 0.222. The van der Waals surface area contributed by atoms with Crippen LogP contribution in [0, 0.1) is 7.05 Å². The molecule has 1 rings (SSSR count). The summed E-state index contributed by atoms with van der Waals surface area (Å²) in [4.78, 5) is 1.63. The SMILES string of the molecule is [CH]N(C)Cc1ccc(N)cc1. The maximum absolute atomic E-state index is 5.51. The van der Waals surface area contributed by atoms with Crippen molar-refractivity contribution in [2.45, 2.75) is 6.54 Å². The van der Waals surface area contributed by atoms with Crippen molar-refractivity contribution >= 4 is 5.69 Å². The van der Waals surface area contributed by atoms with Crippen molar-refractivity contribution in [2.24, 2.45) is 0 Å². The number of nitrogens with two attached hydrogens (primary N) is 1. The molecule has 0 saturated carbocycles. The lowest BCUT2D eigenvalue weighted by Crippen LogP contribution is -2.07. The van der Waals surface area contributed by atoms with Crippen LogP contribution in [0.1, 0.15) is 5.56 Å². The van der Waals surface area contributed by atoms with E-state index in [0.717, 1.165) is 12.2 Å². The summed E-state index contributed by atoms with van der Waals surface area (Å²) in [6.45, 7) is 0.750. The van der Waals surface area contributed by atoms with Crippen molar-refractivity contribution in [1.29, 1.82) is 0 Å². The average molecular weight is 148 g/mol. The van der Waals surface area contributed by atoms with Crippen LogP contribution >= 0.6 is 0 Å². The minimum Gasteiger partial charge on any atom is -0.399 e. The van der Waals surface area contributed by atoms with Gasteiger partial charge in [0.05, 0.1) is 0 Å². The Labute approximate surface area is 67.6 Å². The molecule has 2 heteroatoms. The summed E-state index contributed by atoms with van der Waals surface area (Å²) in [5.41, 5.74) is 7.47. The van der Waals surface area contributed by atoms with Crippen molar-refractivity contribution in [2.75, 3.05) is 12.8 Å². The van der Waals surface area contributed by atoms with E-state index in [1.807, 2.05) is 31.3 Å². The third-order valence-corrected chi connectivity index (χ3v) is 1.41. The van der Waals surface area contributed by atoms with Gasteiger partial charge in [0.25, 0.3) is 0 Å². The Morgan fingerprint density at radius 2 is 1.91 bits per heavy atom. The van der Waals surface area contributed by atoms with Gasteiger partial charge in [-0.3, -0.25) is 4.90 Å². The van der Waals surface area contributed by atoms with Crippen molar-refractivity contribution in [3.63, 3.8) is 0 Å². The Morgan fingerprint density at radius 3 is 2.36 bits per heavy atom. The molecule has 0 amide bonds. The van der Waals surface area contributed by atoms with E-state index < -0.39 is 0 Å². The van der Waals surface area contributed by atoms with Gasteiger partial charge in [-0.1, -0.05) is 12.1 Å². The first kappa shape index (κ1) is 8.08. The van der Waals surface area contributed by atoms with Gasteiger partial charge < -0.3 is 5.73 Å². The van der Waals surface area contributed by atoms with Crippen molar-refractivity contribution in [3.05, 3.63) is 36.9 Å². The summed E-state index contributed by atoms with van der Waals surface area (Å²) in [6.07, 6.45) is 0. The van der Waals surface area contributed by atoms with Crippen molar-refractivity contribution in [1.82, 2.24) is 4.90 Å². The van der Waals surface area contributed by atoms with Crippen LogP contribution in [0.25, 0.3) is 0 Å². The molecule has 0 fully saturated rings. The molecule has 0 heterocycles. The molecule has 0 aromatic heterocycles. The largest absolute Gasteiger partial charge is 0.399 e. The second kappa shape index (κ2) is 3.39. The number of nitrogen functional groups attached to an aromatic ring is 1. The Kier molecular flexibility index (Phi) is 2.49. The van der Waals surface area contributed by atoms with E-state index in [0.29, 0.717) is 0 Å². The van der Waals surface area contributed by atoms with Gasteiger partial charge in [-0.2, -0.15) is 0 Å². The maximum atomic E-state index is 5.51. The summed E-state index contributed by atoms with van der Waals surface area (Å²) in [7, 11) is 7.29. The molecule has 0 bridgehead atoms. The Balaban J connectivity index is 2.66. The molecular formula is C9H12N2. The maximum Gasteiger partial charge on any atom is 0.0439 e. The zero-order chi connectivity index (χ0) is 8.27. The van der Waals surface area contributed by atoms with Gasteiger partial charge in [0, 0.05) is 19.3 Å². The first-order valence-corrected chi connectivity index (χ1v) is 3.49. The van der Waals surface area contributed by atoms with Gasteiger partial charge in [-0.25, -0.2) is 0 Å². The fourth-order valence-corrected chi connectivity index (χ4v) is 0.911. The monoisotopic (exact) mass is 148 g/mol. The molecule has 0 aliphatic heterocycles. The molecule has 2 N–H and O–H groups in total. The quantitative estimate of drug-likeness (QED) is 0.507. The van der Waals surface area contributed by atoms with Crippen LogP contribution in [0.2, 0.25) is 0 Å². The zero-order valence-corrected chi connectivity index (χ0v) is 6.62. The zero-order valence-electron chi connectivity index (χ0n) is 6.62.